The summed E-state index contributed by atoms with van der Waals surface area (Å²) in [6, 6.07) is 8.27. The normalized spacial score (nSPS) is 24.8. The highest BCUT2D eigenvalue weighted by Gasteiger charge is 2.24. The van der Waals surface area contributed by atoms with Crippen LogP contribution in [0, 0.1) is 0 Å². The molecule has 0 aromatic heterocycles. The zero-order valence-corrected chi connectivity index (χ0v) is 15.8. The summed E-state index contributed by atoms with van der Waals surface area (Å²) < 4.78 is 12.9. The molecule has 2 unspecified atom stereocenters. The van der Waals surface area contributed by atoms with Crippen molar-refractivity contribution in [2.24, 2.45) is 0 Å². The number of nitrogens with zero attached hydrogens (tertiary/aromatic N) is 1. The fraction of sp³-hybridized carbons (Fsp3) is 0.684. The molecule has 1 aliphatic heterocycles. The Morgan fingerprint density at radius 3 is 2.92 bits per heavy atom. The number of morpholine rings is 1. The second-order valence-corrected chi connectivity index (χ2v) is 7.84. The minimum Gasteiger partial charge on any atom is -0.389 e. The molecule has 0 spiro atoms. The topological polar surface area (TPSA) is 41.9 Å². The highest BCUT2D eigenvalue weighted by atomic mass is 79.9. The smallest absolute Gasteiger partial charge is 0.0952 e. The molecule has 1 aromatic carbocycles. The third-order valence-electron chi connectivity index (χ3n) is 4.92. The summed E-state index contributed by atoms with van der Waals surface area (Å²) >= 11 is 3.52. The van der Waals surface area contributed by atoms with E-state index < -0.39 is 6.10 Å². The van der Waals surface area contributed by atoms with E-state index in [1.165, 1.54) is 24.8 Å². The number of rotatable bonds is 6. The number of hydrogen-bond acceptors (Lipinski definition) is 4. The van der Waals surface area contributed by atoms with Crippen LogP contribution in [-0.2, 0) is 9.47 Å². The monoisotopic (exact) mass is 397 g/mol. The molecule has 0 amide bonds. The lowest BCUT2D eigenvalue weighted by atomic mass is 9.98. The molecule has 24 heavy (non-hydrogen) atoms. The Hall–Kier alpha value is -0.460. The van der Waals surface area contributed by atoms with Gasteiger partial charge in [0.2, 0.25) is 0 Å². The average molecular weight is 398 g/mol. The summed E-state index contributed by atoms with van der Waals surface area (Å²) in [5.74, 6) is 0. The maximum atomic E-state index is 10.3. The summed E-state index contributed by atoms with van der Waals surface area (Å²) in [4.78, 5) is 2.28. The number of ether oxygens (including phenoxy) is 2. The van der Waals surface area contributed by atoms with E-state index in [-0.39, 0.29) is 6.10 Å². The van der Waals surface area contributed by atoms with Crippen LogP contribution in [0.4, 0.5) is 0 Å². The Labute approximate surface area is 153 Å². The Balaban J connectivity index is 1.44. The molecule has 2 atom stereocenters. The molecule has 2 aliphatic rings. The van der Waals surface area contributed by atoms with Crippen LogP contribution in [0.2, 0.25) is 0 Å². The Kier molecular flexibility index (Phi) is 7.10. The minimum atomic E-state index is -0.423. The van der Waals surface area contributed by atoms with Crippen molar-refractivity contribution in [1.82, 2.24) is 4.90 Å². The largest absolute Gasteiger partial charge is 0.389 e. The van der Waals surface area contributed by atoms with Gasteiger partial charge < -0.3 is 14.6 Å². The van der Waals surface area contributed by atoms with E-state index in [9.17, 15) is 5.11 Å². The first-order valence-electron chi connectivity index (χ1n) is 9.10. The van der Waals surface area contributed by atoms with Crippen molar-refractivity contribution >= 4 is 15.9 Å². The number of hydrogen-bond donors (Lipinski definition) is 1. The van der Waals surface area contributed by atoms with Gasteiger partial charge in [-0.05, 0) is 30.5 Å². The molecule has 0 bridgehead atoms. The van der Waals surface area contributed by atoms with Gasteiger partial charge in [0.1, 0.15) is 0 Å². The van der Waals surface area contributed by atoms with Crippen LogP contribution >= 0.6 is 15.9 Å². The number of aliphatic hydroxyl groups excluding tert-OH is 1. The van der Waals surface area contributed by atoms with Crippen molar-refractivity contribution < 1.29 is 14.6 Å². The standard InChI is InChI=1S/C19H28BrNO3/c20-16-6-4-5-15(11-16)19-13-21(9-10-23-19)12-17(22)14-24-18-7-2-1-3-8-18/h4-6,11,17-19,22H,1-3,7-10,12-14H2. The lowest BCUT2D eigenvalue weighted by Crippen LogP contribution is -2.43. The third kappa shape index (κ3) is 5.53. The van der Waals surface area contributed by atoms with Crippen LogP contribution in [0.25, 0.3) is 0 Å². The highest BCUT2D eigenvalue weighted by Crippen LogP contribution is 2.25. The molecule has 1 heterocycles. The van der Waals surface area contributed by atoms with Gasteiger partial charge in [-0.3, -0.25) is 4.90 Å². The number of halogens is 1. The summed E-state index contributed by atoms with van der Waals surface area (Å²) in [7, 11) is 0. The summed E-state index contributed by atoms with van der Waals surface area (Å²) in [5, 5.41) is 10.3. The molecule has 4 nitrogen and oxygen atoms in total. The fourth-order valence-electron chi connectivity index (χ4n) is 3.61. The third-order valence-corrected chi connectivity index (χ3v) is 5.41. The Morgan fingerprint density at radius 1 is 1.29 bits per heavy atom. The molecule has 1 aliphatic carbocycles. The molecule has 2 fully saturated rings. The molecule has 134 valence electrons. The van der Waals surface area contributed by atoms with Gasteiger partial charge >= 0.3 is 0 Å². The average Bonchev–Trinajstić information content (AvgIpc) is 2.61. The Morgan fingerprint density at radius 2 is 2.12 bits per heavy atom. The molecular formula is C19H28BrNO3. The Bertz CT molecular complexity index is 507. The molecule has 0 radical (unpaired) electrons. The van der Waals surface area contributed by atoms with E-state index in [4.69, 9.17) is 9.47 Å². The van der Waals surface area contributed by atoms with Gasteiger partial charge in [0.15, 0.2) is 0 Å². The summed E-state index contributed by atoms with van der Waals surface area (Å²) in [5.41, 5.74) is 1.18. The number of aliphatic hydroxyl groups is 1. The van der Waals surface area contributed by atoms with Gasteiger partial charge in [-0.1, -0.05) is 47.3 Å². The first-order valence-corrected chi connectivity index (χ1v) is 9.89. The molecule has 1 saturated carbocycles. The van der Waals surface area contributed by atoms with Crippen LogP contribution in [0.3, 0.4) is 0 Å². The van der Waals surface area contributed by atoms with E-state index in [1.54, 1.807) is 0 Å². The van der Waals surface area contributed by atoms with Crippen molar-refractivity contribution in [1.29, 1.82) is 0 Å². The molecule has 1 N–H and O–H groups in total. The van der Waals surface area contributed by atoms with Crippen LogP contribution in [0.1, 0.15) is 43.8 Å². The van der Waals surface area contributed by atoms with Crippen LogP contribution in [0.5, 0.6) is 0 Å². The second-order valence-electron chi connectivity index (χ2n) is 6.92. The summed E-state index contributed by atoms with van der Waals surface area (Å²) in [6.45, 7) is 3.49. The van der Waals surface area contributed by atoms with Crippen LogP contribution < -0.4 is 0 Å². The van der Waals surface area contributed by atoms with E-state index in [2.05, 4.69) is 33.0 Å². The zero-order chi connectivity index (χ0) is 16.8. The first kappa shape index (κ1) is 18.3. The van der Waals surface area contributed by atoms with Crippen molar-refractivity contribution in [3.05, 3.63) is 34.3 Å². The zero-order valence-electron chi connectivity index (χ0n) is 14.2. The van der Waals surface area contributed by atoms with Crippen molar-refractivity contribution in [2.75, 3.05) is 32.8 Å². The van der Waals surface area contributed by atoms with Gasteiger partial charge in [0.25, 0.3) is 0 Å². The van der Waals surface area contributed by atoms with Crippen molar-refractivity contribution in [2.45, 2.75) is 50.4 Å². The molecular weight excluding hydrogens is 370 g/mol. The lowest BCUT2D eigenvalue weighted by Gasteiger charge is -2.34. The maximum absolute atomic E-state index is 10.3. The van der Waals surface area contributed by atoms with Crippen molar-refractivity contribution in [3.63, 3.8) is 0 Å². The fourth-order valence-corrected chi connectivity index (χ4v) is 4.02. The predicted molar refractivity (Wildman–Crippen MR) is 98.1 cm³/mol. The molecule has 5 heteroatoms. The van der Waals surface area contributed by atoms with Crippen LogP contribution in [-0.4, -0.2) is 55.1 Å². The summed E-state index contributed by atoms with van der Waals surface area (Å²) in [6.07, 6.45) is 6.15. The molecule has 1 saturated heterocycles. The van der Waals surface area contributed by atoms with Gasteiger partial charge in [-0.2, -0.15) is 0 Å². The quantitative estimate of drug-likeness (QED) is 0.796. The molecule has 1 aromatic rings. The van der Waals surface area contributed by atoms with E-state index in [1.807, 2.05) is 12.1 Å². The van der Waals surface area contributed by atoms with Crippen molar-refractivity contribution in [3.8, 4) is 0 Å². The predicted octanol–water partition coefficient (Wildman–Crippen LogP) is 3.53. The van der Waals surface area contributed by atoms with E-state index in [0.29, 0.717) is 25.9 Å². The van der Waals surface area contributed by atoms with E-state index in [0.717, 1.165) is 30.4 Å². The molecule has 3 rings (SSSR count). The highest BCUT2D eigenvalue weighted by molar-refractivity contribution is 9.10. The lowest BCUT2D eigenvalue weighted by molar-refractivity contribution is -0.0645. The van der Waals surface area contributed by atoms with E-state index >= 15 is 0 Å². The SMILES string of the molecule is OC(COC1CCCCC1)CN1CCOC(c2cccc(Br)c2)C1. The first-order chi connectivity index (χ1) is 11.7. The van der Waals surface area contributed by atoms with Gasteiger partial charge in [0, 0.05) is 24.1 Å². The van der Waals surface area contributed by atoms with Crippen LogP contribution in [0.15, 0.2) is 28.7 Å². The number of benzene rings is 1. The minimum absolute atomic E-state index is 0.0720. The van der Waals surface area contributed by atoms with Gasteiger partial charge in [-0.25, -0.2) is 0 Å². The van der Waals surface area contributed by atoms with Gasteiger partial charge in [-0.15, -0.1) is 0 Å². The van der Waals surface area contributed by atoms with Gasteiger partial charge in [0.05, 0.1) is 31.5 Å². The maximum Gasteiger partial charge on any atom is 0.0952 e. The number of β-amino-alcohol motifs (C(OH)–C–C–N with tert-alkyl or cyclic N) is 1. The second kappa shape index (κ2) is 9.30.